The Bertz CT molecular complexity index is 1110. The molecular formula is C24H22Cl2N2O4. The first-order valence-corrected chi connectivity index (χ1v) is 11.2. The minimum atomic E-state index is -0.519. The molecule has 0 saturated heterocycles. The molecule has 0 spiro atoms. The lowest BCUT2D eigenvalue weighted by Gasteiger charge is -2.29. The van der Waals surface area contributed by atoms with Gasteiger partial charge in [-0.25, -0.2) is 4.79 Å². The molecule has 166 valence electrons. The van der Waals surface area contributed by atoms with Crippen LogP contribution >= 0.6 is 23.2 Å². The highest BCUT2D eigenvalue weighted by Gasteiger charge is 2.42. The van der Waals surface area contributed by atoms with Gasteiger partial charge in [-0.1, -0.05) is 42.5 Å². The van der Waals surface area contributed by atoms with Gasteiger partial charge in [-0.2, -0.15) is 0 Å². The van der Waals surface area contributed by atoms with Crippen molar-refractivity contribution in [3.05, 3.63) is 69.3 Å². The second-order valence-electron chi connectivity index (χ2n) is 7.96. The van der Waals surface area contributed by atoms with Crippen LogP contribution in [0.2, 0.25) is 5.02 Å². The van der Waals surface area contributed by atoms with Gasteiger partial charge in [-0.3, -0.25) is 14.5 Å². The average molecular weight is 473 g/mol. The standard InChI is InChI=1S/C24H22Cl2N2O4/c1-14-13-16(25)9-12-19(14)32-24(31)15-7-10-17(11-8-15)27-21-20(26)22(29)28(23(21)30)18-5-3-2-4-6-18/h7-13,18,27H,2-6H2,1H3. The van der Waals surface area contributed by atoms with Gasteiger partial charge in [0.1, 0.15) is 16.5 Å². The Labute approximate surface area is 196 Å². The first kappa shape index (κ1) is 22.4. The Hall–Kier alpha value is -2.83. The van der Waals surface area contributed by atoms with Crippen molar-refractivity contribution in [2.45, 2.75) is 45.1 Å². The Morgan fingerprint density at radius 2 is 1.69 bits per heavy atom. The third-order valence-electron chi connectivity index (χ3n) is 5.73. The number of ether oxygens (including phenoxy) is 1. The Kier molecular flexibility index (Phi) is 6.53. The number of halogens is 2. The number of rotatable bonds is 5. The van der Waals surface area contributed by atoms with Crippen LogP contribution in [0.3, 0.4) is 0 Å². The molecule has 2 aromatic carbocycles. The molecule has 0 bridgehead atoms. The molecular weight excluding hydrogens is 451 g/mol. The number of nitrogens with one attached hydrogen (secondary N) is 1. The van der Waals surface area contributed by atoms with Gasteiger partial charge in [0.15, 0.2) is 0 Å². The van der Waals surface area contributed by atoms with E-state index in [1.165, 1.54) is 4.90 Å². The molecule has 8 heteroatoms. The van der Waals surface area contributed by atoms with Crippen LogP contribution in [0, 0.1) is 6.92 Å². The fourth-order valence-corrected chi connectivity index (χ4v) is 4.46. The van der Waals surface area contributed by atoms with Gasteiger partial charge in [-0.05, 0) is 67.8 Å². The zero-order valence-corrected chi connectivity index (χ0v) is 19.0. The van der Waals surface area contributed by atoms with Crippen LogP contribution in [0.25, 0.3) is 0 Å². The minimum Gasteiger partial charge on any atom is -0.423 e. The molecule has 6 nitrogen and oxygen atoms in total. The molecule has 0 radical (unpaired) electrons. The Morgan fingerprint density at radius 3 is 2.34 bits per heavy atom. The van der Waals surface area contributed by atoms with E-state index in [1.54, 1.807) is 49.4 Å². The highest BCUT2D eigenvalue weighted by Crippen LogP contribution is 2.32. The molecule has 1 aliphatic heterocycles. The molecule has 2 aromatic rings. The highest BCUT2D eigenvalue weighted by molar-refractivity contribution is 6.48. The van der Waals surface area contributed by atoms with Crippen molar-refractivity contribution in [3.63, 3.8) is 0 Å². The predicted molar refractivity (Wildman–Crippen MR) is 123 cm³/mol. The second kappa shape index (κ2) is 9.35. The number of imide groups is 1. The van der Waals surface area contributed by atoms with Gasteiger partial charge in [0.05, 0.1) is 5.56 Å². The molecule has 4 rings (SSSR count). The van der Waals surface area contributed by atoms with E-state index in [-0.39, 0.29) is 16.8 Å². The lowest BCUT2D eigenvalue weighted by Crippen LogP contribution is -2.42. The van der Waals surface area contributed by atoms with Crippen molar-refractivity contribution >= 4 is 46.7 Å². The molecule has 0 aromatic heterocycles. The number of anilines is 1. The number of benzene rings is 2. The van der Waals surface area contributed by atoms with Gasteiger partial charge >= 0.3 is 5.97 Å². The summed E-state index contributed by atoms with van der Waals surface area (Å²) < 4.78 is 5.44. The van der Waals surface area contributed by atoms with Gasteiger partial charge in [0.25, 0.3) is 11.8 Å². The Morgan fingerprint density at radius 1 is 1.00 bits per heavy atom. The third kappa shape index (κ3) is 4.52. The van der Waals surface area contributed by atoms with Crippen LogP contribution in [-0.4, -0.2) is 28.7 Å². The topological polar surface area (TPSA) is 75.7 Å². The van der Waals surface area contributed by atoms with Crippen LogP contribution < -0.4 is 10.1 Å². The summed E-state index contributed by atoms with van der Waals surface area (Å²) in [6, 6.07) is 11.3. The zero-order valence-electron chi connectivity index (χ0n) is 17.5. The van der Waals surface area contributed by atoms with E-state index < -0.39 is 17.8 Å². The third-order valence-corrected chi connectivity index (χ3v) is 6.31. The molecule has 32 heavy (non-hydrogen) atoms. The number of carbonyl (C=O) groups excluding carboxylic acids is 3. The summed E-state index contributed by atoms with van der Waals surface area (Å²) in [5, 5.41) is 3.39. The number of hydrogen-bond donors (Lipinski definition) is 1. The molecule has 1 N–H and O–H groups in total. The summed E-state index contributed by atoms with van der Waals surface area (Å²) >= 11 is 12.1. The molecule has 1 saturated carbocycles. The van der Waals surface area contributed by atoms with E-state index in [9.17, 15) is 14.4 Å². The minimum absolute atomic E-state index is 0.0642. The second-order valence-corrected chi connectivity index (χ2v) is 8.78. The lowest BCUT2D eigenvalue weighted by molar-refractivity contribution is -0.140. The fourth-order valence-electron chi connectivity index (χ4n) is 4.02. The first-order valence-electron chi connectivity index (χ1n) is 10.5. The smallest absolute Gasteiger partial charge is 0.343 e. The summed E-state index contributed by atoms with van der Waals surface area (Å²) in [5.41, 5.74) is 1.68. The number of aryl methyl sites for hydroxylation is 1. The van der Waals surface area contributed by atoms with Crippen molar-refractivity contribution in [1.82, 2.24) is 4.90 Å². The van der Waals surface area contributed by atoms with Crippen LogP contribution in [0.15, 0.2) is 53.2 Å². The number of nitrogens with zero attached hydrogens (tertiary/aromatic N) is 1. The van der Waals surface area contributed by atoms with Crippen molar-refractivity contribution in [3.8, 4) is 5.75 Å². The number of hydrogen-bond acceptors (Lipinski definition) is 5. The number of amides is 2. The Balaban J connectivity index is 1.44. The lowest BCUT2D eigenvalue weighted by atomic mass is 9.94. The van der Waals surface area contributed by atoms with Gasteiger partial charge in [0.2, 0.25) is 0 Å². The number of carbonyl (C=O) groups is 3. The quantitative estimate of drug-likeness (QED) is 0.356. The van der Waals surface area contributed by atoms with E-state index >= 15 is 0 Å². The zero-order chi connectivity index (χ0) is 22.8. The summed E-state index contributed by atoms with van der Waals surface area (Å²) in [5.74, 6) is -0.954. The SMILES string of the molecule is Cc1cc(Cl)ccc1OC(=O)c1ccc(NC2=C(Cl)C(=O)N(C3CCCCC3)C2=O)cc1. The highest BCUT2D eigenvalue weighted by atomic mass is 35.5. The van der Waals surface area contributed by atoms with Gasteiger partial charge in [0, 0.05) is 16.8 Å². The van der Waals surface area contributed by atoms with Crippen molar-refractivity contribution in [2.75, 3.05) is 5.32 Å². The molecule has 0 unspecified atom stereocenters. The van der Waals surface area contributed by atoms with E-state index in [4.69, 9.17) is 27.9 Å². The summed E-state index contributed by atoms with van der Waals surface area (Å²) in [7, 11) is 0. The normalized spacial score (nSPS) is 17.2. The first-order chi connectivity index (χ1) is 15.3. The fraction of sp³-hybridized carbons (Fsp3) is 0.292. The molecule has 0 atom stereocenters. The maximum absolute atomic E-state index is 12.9. The van der Waals surface area contributed by atoms with E-state index in [1.807, 2.05) is 0 Å². The van der Waals surface area contributed by atoms with E-state index in [2.05, 4.69) is 5.32 Å². The van der Waals surface area contributed by atoms with Crippen LogP contribution in [0.5, 0.6) is 5.75 Å². The number of esters is 1. The molecule has 1 fully saturated rings. The van der Waals surface area contributed by atoms with Gasteiger partial charge in [-0.15, -0.1) is 0 Å². The molecule has 1 heterocycles. The van der Waals surface area contributed by atoms with E-state index in [0.717, 1.165) is 37.7 Å². The average Bonchev–Trinajstić information content (AvgIpc) is 3.00. The predicted octanol–water partition coefficient (Wildman–Crippen LogP) is 5.43. The van der Waals surface area contributed by atoms with Crippen molar-refractivity contribution < 1.29 is 19.1 Å². The van der Waals surface area contributed by atoms with Crippen LogP contribution in [-0.2, 0) is 9.59 Å². The van der Waals surface area contributed by atoms with Crippen molar-refractivity contribution in [2.24, 2.45) is 0 Å². The summed E-state index contributed by atoms with van der Waals surface area (Å²) in [6.07, 6.45) is 4.72. The largest absolute Gasteiger partial charge is 0.423 e. The summed E-state index contributed by atoms with van der Waals surface area (Å²) in [4.78, 5) is 39.2. The molecule has 2 aliphatic rings. The maximum Gasteiger partial charge on any atom is 0.343 e. The van der Waals surface area contributed by atoms with Crippen molar-refractivity contribution in [1.29, 1.82) is 0 Å². The van der Waals surface area contributed by atoms with E-state index in [0.29, 0.717) is 22.0 Å². The van der Waals surface area contributed by atoms with Crippen LogP contribution in [0.4, 0.5) is 5.69 Å². The summed E-state index contributed by atoms with van der Waals surface area (Å²) in [6.45, 7) is 1.80. The maximum atomic E-state index is 12.9. The monoisotopic (exact) mass is 472 g/mol. The van der Waals surface area contributed by atoms with Crippen LogP contribution in [0.1, 0.15) is 48.0 Å². The molecule has 1 aliphatic carbocycles. The van der Waals surface area contributed by atoms with Gasteiger partial charge < -0.3 is 10.1 Å². The molecule has 2 amide bonds.